The highest BCUT2D eigenvalue weighted by atomic mass is 16.6. The maximum atomic E-state index is 12.4. The van der Waals surface area contributed by atoms with Crippen molar-refractivity contribution in [1.29, 1.82) is 0 Å². The number of aliphatic hydroxyl groups excluding tert-OH is 8. The number of aliphatic hydroxyl groups is 8. The fraction of sp³-hybridized carbons (Fsp3) is 0.720. The summed E-state index contributed by atoms with van der Waals surface area (Å²) in [5, 5.41) is 96.9. The molecule has 1 amide bonds. The van der Waals surface area contributed by atoms with Crippen LogP contribution in [0.5, 0.6) is 11.5 Å². The molecule has 13 N–H and O–H groups in total. The Morgan fingerprint density at radius 2 is 1.08 bits per heavy atom. The maximum absolute atomic E-state index is 12.4. The average Bonchev–Trinajstić information content (AvgIpc) is 4.00. The molecule has 3 aromatic rings. The molecule has 0 spiro atoms. The van der Waals surface area contributed by atoms with E-state index in [1.54, 1.807) is 0 Å². The number of pyridine rings is 1. The van der Waals surface area contributed by atoms with Gasteiger partial charge in [-0.1, -0.05) is 122 Å². The van der Waals surface area contributed by atoms with Crippen LogP contribution in [0.4, 0.5) is 11.6 Å². The number of amides is 1. The minimum absolute atomic E-state index is 0.135. The lowest BCUT2D eigenvalue weighted by atomic mass is 10.0. The second kappa shape index (κ2) is 32.6. The van der Waals surface area contributed by atoms with Crippen LogP contribution in [0.1, 0.15) is 160 Å². The van der Waals surface area contributed by atoms with Gasteiger partial charge in [-0.2, -0.15) is 9.97 Å². The Morgan fingerprint density at radius 1 is 0.622 bits per heavy atom. The van der Waals surface area contributed by atoms with Crippen molar-refractivity contribution in [2.24, 2.45) is 0 Å². The fourth-order valence-electron chi connectivity index (χ4n) is 8.88. The predicted octanol–water partition coefficient (Wildman–Crippen LogP) is 1.95. The standard InChI is InChI=1S/C31H55N3O6.C10H13NO6.C9H13N3O5/c1-2-3-4-5-6-7-8-9-10-11-12-13-14-15-16-17-18-19-20-21-27(36)32-26-22-23-34(31(39)33-26)30-29(38)28(37)25(24-35)40-30;12-4-6-8(15)9(16)10(17-6)11-2-1-5(13)3-7(11)14;10-8-5(15)2-12(9(16)11-8)7-1-4(14)6(3-13)17-7/h22-23,25,28-30,35,37-38H,2-21,24H2,1H3,(H,32,33,36,39);1-3,6,8-10,12-13,15-16H,4H2;2,4,6-7,13-15H,1,3H2,(H2,10,11,16)/t25-,28-,29+,30-;6-,8-,9-,10-;4-,6+,7+/m110/s1. The van der Waals surface area contributed by atoms with Crippen molar-refractivity contribution >= 4 is 17.5 Å². The highest BCUT2D eigenvalue weighted by Crippen LogP contribution is 2.31. The van der Waals surface area contributed by atoms with Gasteiger partial charge in [0.15, 0.2) is 24.0 Å². The van der Waals surface area contributed by atoms with E-state index in [0.717, 1.165) is 45.2 Å². The summed E-state index contributed by atoms with van der Waals surface area (Å²) in [7, 11) is 0. The van der Waals surface area contributed by atoms with E-state index < -0.39 is 97.7 Å². The van der Waals surface area contributed by atoms with E-state index >= 15 is 0 Å². The molecule has 24 heteroatoms. The summed E-state index contributed by atoms with van der Waals surface area (Å²) in [5.74, 6) is -0.850. The third-order valence-corrected chi connectivity index (χ3v) is 13.3. The summed E-state index contributed by atoms with van der Waals surface area (Å²) in [6, 6.07) is 3.68. The Balaban J connectivity index is 0.000000283. The number of anilines is 2. The Kier molecular flexibility index (Phi) is 27.1. The highest BCUT2D eigenvalue weighted by Gasteiger charge is 2.45. The van der Waals surface area contributed by atoms with Crippen LogP contribution in [0.2, 0.25) is 0 Å². The van der Waals surface area contributed by atoms with Crippen molar-refractivity contribution in [1.82, 2.24) is 23.7 Å². The number of carbonyl (C=O) groups excluding carboxylic acids is 1. The molecule has 0 bridgehead atoms. The van der Waals surface area contributed by atoms with E-state index in [9.17, 15) is 54.9 Å². The Morgan fingerprint density at radius 3 is 1.53 bits per heavy atom. The first-order chi connectivity index (χ1) is 35.5. The molecule has 0 aliphatic carbocycles. The topological polar surface area (TPSA) is 377 Å². The minimum atomic E-state index is -1.37. The molecule has 74 heavy (non-hydrogen) atoms. The highest BCUT2D eigenvalue weighted by molar-refractivity contribution is 5.89. The van der Waals surface area contributed by atoms with Crippen LogP contribution in [0.15, 0.2) is 51.2 Å². The Hall–Kier alpha value is -4.86. The summed E-state index contributed by atoms with van der Waals surface area (Å²) in [4.78, 5) is 54.9. The molecule has 6 heterocycles. The van der Waals surface area contributed by atoms with Crippen molar-refractivity contribution in [3.8, 4) is 11.5 Å². The molecular weight excluding hydrogens is 971 g/mol. The summed E-state index contributed by atoms with van der Waals surface area (Å²) < 4.78 is 18.9. The molecule has 0 radical (unpaired) electrons. The van der Waals surface area contributed by atoms with Gasteiger partial charge in [0.1, 0.15) is 60.5 Å². The summed E-state index contributed by atoms with van der Waals surface area (Å²) >= 11 is 0. The van der Waals surface area contributed by atoms with E-state index in [-0.39, 0.29) is 42.1 Å². The number of hydrogen-bond acceptors (Lipinski definition) is 20. The predicted molar refractivity (Wildman–Crippen MR) is 270 cm³/mol. The van der Waals surface area contributed by atoms with Gasteiger partial charge in [0.2, 0.25) is 5.91 Å². The molecule has 3 aliphatic rings. The number of aromatic hydroxyl groups is 2. The summed E-state index contributed by atoms with van der Waals surface area (Å²) in [6.45, 7) is 0.987. The number of nitrogens with one attached hydrogen (secondary N) is 1. The van der Waals surface area contributed by atoms with Crippen LogP contribution < -0.4 is 28.0 Å². The second-order valence-corrected chi connectivity index (χ2v) is 19.1. The fourth-order valence-corrected chi connectivity index (χ4v) is 8.88. The number of hydrogen-bond donors (Lipinski definition) is 12. The largest absolute Gasteiger partial charge is 0.508 e. The van der Waals surface area contributed by atoms with E-state index in [2.05, 4.69) is 22.2 Å². The van der Waals surface area contributed by atoms with Crippen LogP contribution in [-0.2, 0) is 19.0 Å². The normalized spacial score (nSPS) is 25.3. The quantitative estimate of drug-likeness (QED) is 0.0485. The Labute approximate surface area is 430 Å². The van der Waals surface area contributed by atoms with Gasteiger partial charge < -0.3 is 76.3 Å². The Bertz CT molecular complexity index is 2280. The third-order valence-electron chi connectivity index (χ3n) is 13.3. The van der Waals surface area contributed by atoms with Gasteiger partial charge in [-0.05, 0) is 18.6 Å². The number of carbonyl (C=O) groups is 1. The van der Waals surface area contributed by atoms with Gasteiger partial charge >= 0.3 is 11.4 Å². The van der Waals surface area contributed by atoms with Crippen molar-refractivity contribution < 1.29 is 70.1 Å². The average molecular weight is 1050 g/mol. The van der Waals surface area contributed by atoms with Gasteiger partial charge in [0, 0.05) is 31.3 Å². The van der Waals surface area contributed by atoms with Gasteiger partial charge in [0.05, 0.1) is 32.1 Å². The maximum Gasteiger partial charge on any atom is 0.351 e. The van der Waals surface area contributed by atoms with Gasteiger partial charge in [0.25, 0.3) is 5.56 Å². The van der Waals surface area contributed by atoms with Crippen molar-refractivity contribution in [3.63, 3.8) is 0 Å². The molecule has 6 rings (SSSR count). The molecule has 3 aliphatic heterocycles. The van der Waals surface area contributed by atoms with Crippen LogP contribution >= 0.6 is 0 Å². The number of aromatic nitrogens is 5. The summed E-state index contributed by atoms with van der Waals surface area (Å²) in [5.41, 5.74) is 3.28. The first-order valence-electron chi connectivity index (χ1n) is 26.1. The summed E-state index contributed by atoms with van der Waals surface area (Å²) in [6.07, 6.45) is 17.2. The lowest BCUT2D eigenvalue weighted by Gasteiger charge is -2.17. The van der Waals surface area contributed by atoms with Crippen molar-refractivity contribution in [2.75, 3.05) is 30.9 Å². The lowest BCUT2D eigenvalue weighted by Crippen LogP contribution is -2.36. The zero-order valence-corrected chi connectivity index (χ0v) is 42.4. The lowest BCUT2D eigenvalue weighted by molar-refractivity contribution is -0.116. The molecule has 3 saturated heterocycles. The van der Waals surface area contributed by atoms with Crippen molar-refractivity contribution in [2.45, 2.75) is 209 Å². The molecule has 0 unspecified atom stereocenters. The molecule has 0 aromatic carbocycles. The van der Waals surface area contributed by atoms with E-state index in [1.807, 2.05) is 0 Å². The zero-order valence-electron chi connectivity index (χ0n) is 42.4. The van der Waals surface area contributed by atoms with Crippen molar-refractivity contribution in [3.05, 3.63) is 68.1 Å². The molecule has 0 saturated carbocycles. The van der Waals surface area contributed by atoms with Crippen LogP contribution in [0.25, 0.3) is 0 Å². The van der Waals surface area contributed by atoms with E-state index in [4.69, 9.17) is 35.3 Å². The number of nitrogens with two attached hydrogens (primary N) is 1. The van der Waals surface area contributed by atoms with E-state index in [1.165, 1.54) is 127 Å². The van der Waals surface area contributed by atoms with Gasteiger partial charge in [-0.3, -0.25) is 23.3 Å². The minimum Gasteiger partial charge on any atom is -0.508 e. The van der Waals surface area contributed by atoms with Crippen LogP contribution in [0, 0.1) is 0 Å². The molecular formula is C50H81N7O17. The number of unbranched alkanes of at least 4 members (excludes halogenated alkanes) is 18. The SMILES string of the molecule is CCCCCCCCCCCCCCCCCCCCCC(=O)Nc1ccn([C@@H]2O[C@H](CO)[C@@H](O)[C@@H]2O)c(=O)n1.Nc1nc(=O)n([C@H]2C[C@H](O)[C@@H](CO)O2)cc1O.O=c1cc(O)ccn1[C@@H]1O[C@H](CO)[C@@H](O)[C@H]1O. The molecule has 3 aromatic heterocycles. The monoisotopic (exact) mass is 1050 g/mol. The molecule has 24 nitrogen and oxygen atoms in total. The zero-order chi connectivity index (χ0) is 54.2. The van der Waals surface area contributed by atoms with Gasteiger partial charge in [-0.25, -0.2) is 9.59 Å². The van der Waals surface area contributed by atoms with E-state index in [0.29, 0.717) is 6.42 Å². The van der Waals surface area contributed by atoms with Crippen LogP contribution in [0.3, 0.4) is 0 Å². The first kappa shape index (κ1) is 61.7. The first-order valence-corrected chi connectivity index (χ1v) is 26.1. The molecule has 3 fully saturated rings. The number of rotatable bonds is 27. The van der Waals surface area contributed by atoms with Crippen LogP contribution in [-0.4, -0.2) is 149 Å². The van der Waals surface area contributed by atoms with Gasteiger partial charge in [-0.15, -0.1) is 0 Å². The third kappa shape index (κ3) is 19.1. The number of nitrogens with zero attached hydrogens (tertiary/aromatic N) is 5. The second-order valence-electron chi connectivity index (χ2n) is 19.1. The number of ether oxygens (including phenoxy) is 3. The smallest absolute Gasteiger partial charge is 0.351 e. The molecule has 418 valence electrons. The molecule has 11 atom stereocenters. The number of nitrogen functional groups attached to an aromatic ring is 1.